The molecule has 1 N–H and O–H groups in total. The van der Waals surface area contributed by atoms with E-state index in [1.807, 2.05) is 33.0 Å². The molecule has 2 aromatic heterocycles. The lowest BCUT2D eigenvalue weighted by Crippen LogP contribution is -2.65. The van der Waals surface area contributed by atoms with Crippen molar-refractivity contribution in [3.05, 3.63) is 65.6 Å². The molecule has 4 aliphatic rings. The molecule has 1 saturated carbocycles. The molecule has 258 valence electrons. The van der Waals surface area contributed by atoms with Crippen LogP contribution in [0.3, 0.4) is 0 Å². The van der Waals surface area contributed by atoms with Gasteiger partial charge in [0.25, 0.3) is 5.91 Å². The second-order valence-corrected chi connectivity index (χ2v) is 13.6. The number of benzene rings is 1. The number of carbonyl (C=O) groups excluding carboxylic acids is 1. The first-order chi connectivity index (χ1) is 22.8. The molecule has 3 aliphatic heterocycles. The first kappa shape index (κ1) is 34.3. The van der Waals surface area contributed by atoms with Crippen LogP contribution in [0.4, 0.5) is 10.2 Å². The number of hydrogen-bond acceptors (Lipinski definition) is 10. The van der Waals surface area contributed by atoms with Crippen LogP contribution in [0.5, 0.6) is 17.2 Å². The first-order valence-electron chi connectivity index (χ1n) is 16.8. The SMILES string of the molecule is CCN(C(=O)c1cc(F)ccc1Oc1cncnc1N1CC2(CC(Oc3ccnc4c3CN(C[C@@H]3CNCCO3)CC4)C2)C1)C(C)C.Cl. The molecule has 1 atom stereocenters. The van der Waals surface area contributed by atoms with Gasteiger partial charge in [-0.1, -0.05) is 0 Å². The second-order valence-electron chi connectivity index (χ2n) is 13.6. The highest BCUT2D eigenvalue weighted by Crippen LogP contribution is 2.52. The summed E-state index contributed by atoms with van der Waals surface area (Å²) in [7, 11) is 0. The van der Waals surface area contributed by atoms with Crippen LogP contribution in [0.1, 0.15) is 55.2 Å². The summed E-state index contributed by atoms with van der Waals surface area (Å²) in [6.07, 6.45) is 8.19. The van der Waals surface area contributed by atoms with Gasteiger partial charge in [0.15, 0.2) is 11.6 Å². The number of ether oxygens (including phenoxy) is 3. The third kappa shape index (κ3) is 7.08. The molecular weight excluding hydrogens is 637 g/mol. The number of pyridine rings is 1. The van der Waals surface area contributed by atoms with E-state index >= 15 is 0 Å². The Hall–Kier alpha value is -3.58. The number of hydrogen-bond donors (Lipinski definition) is 1. The molecule has 0 radical (unpaired) electrons. The third-order valence-electron chi connectivity index (χ3n) is 9.86. The smallest absolute Gasteiger partial charge is 0.257 e. The van der Waals surface area contributed by atoms with Crippen molar-refractivity contribution in [3.63, 3.8) is 0 Å². The molecule has 13 heteroatoms. The Morgan fingerprint density at radius 1 is 1.19 bits per heavy atom. The van der Waals surface area contributed by atoms with Gasteiger partial charge >= 0.3 is 0 Å². The molecule has 1 aliphatic carbocycles. The van der Waals surface area contributed by atoms with Gasteiger partial charge in [0.2, 0.25) is 0 Å². The lowest BCUT2D eigenvalue weighted by molar-refractivity contribution is -0.0356. The van der Waals surface area contributed by atoms with Gasteiger partial charge in [-0.3, -0.25) is 14.7 Å². The Kier molecular flexibility index (Phi) is 10.4. The average Bonchev–Trinajstić information content (AvgIpc) is 3.03. The average molecular weight is 682 g/mol. The molecule has 2 saturated heterocycles. The number of nitrogens with one attached hydrogen (secondary N) is 1. The van der Waals surface area contributed by atoms with E-state index in [1.54, 1.807) is 11.1 Å². The Bertz CT molecular complexity index is 1590. The van der Waals surface area contributed by atoms with Gasteiger partial charge in [-0.25, -0.2) is 14.4 Å². The Labute approximate surface area is 287 Å². The highest BCUT2D eigenvalue weighted by atomic mass is 35.5. The van der Waals surface area contributed by atoms with Crippen molar-refractivity contribution >= 4 is 24.1 Å². The first-order valence-corrected chi connectivity index (χ1v) is 16.8. The second kappa shape index (κ2) is 14.5. The summed E-state index contributed by atoms with van der Waals surface area (Å²) in [5.74, 6) is 1.56. The number of nitrogens with zero attached hydrogens (tertiary/aromatic N) is 6. The minimum atomic E-state index is -0.493. The molecule has 1 aromatic carbocycles. The largest absolute Gasteiger partial charge is 0.490 e. The minimum Gasteiger partial charge on any atom is -0.490 e. The van der Waals surface area contributed by atoms with Gasteiger partial charge in [-0.15, -0.1) is 12.4 Å². The number of rotatable bonds is 10. The molecule has 5 heterocycles. The molecule has 0 unspecified atom stereocenters. The van der Waals surface area contributed by atoms with E-state index in [0.29, 0.717) is 18.1 Å². The fraction of sp³-hybridized carbons (Fsp3) is 0.543. The van der Waals surface area contributed by atoms with Crippen molar-refractivity contribution in [3.8, 4) is 17.2 Å². The van der Waals surface area contributed by atoms with Crippen LogP contribution in [0.2, 0.25) is 0 Å². The topological polar surface area (TPSA) is 105 Å². The van der Waals surface area contributed by atoms with Gasteiger partial charge in [-0.2, -0.15) is 0 Å². The van der Waals surface area contributed by atoms with Crippen LogP contribution in [-0.4, -0.2) is 101 Å². The summed E-state index contributed by atoms with van der Waals surface area (Å²) in [5, 5.41) is 3.43. The van der Waals surface area contributed by atoms with Crippen LogP contribution < -0.4 is 19.7 Å². The lowest BCUT2D eigenvalue weighted by atomic mass is 9.61. The maximum absolute atomic E-state index is 14.3. The minimum absolute atomic E-state index is 0. The van der Waals surface area contributed by atoms with E-state index in [-0.39, 0.29) is 53.3 Å². The molecule has 3 fully saturated rings. The maximum Gasteiger partial charge on any atom is 0.257 e. The number of carbonyl (C=O) groups is 1. The molecule has 3 aromatic rings. The predicted molar refractivity (Wildman–Crippen MR) is 182 cm³/mol. The van der Waals surface area contributed by atoms with Gasteiger partial charge in [0.05, 0.1) is 24.5 Å². The monoisotopic (exact) mass is 681 g/mol. The van der Waals surface area contributed by atoms with Crippen molar-refractivity contribution in [2.45, 2.75) is 64.8 Å². The molecule has 7 rings (SSSR count). The normalized spacial score (nSPS) is 20.4. The van der Waals surface area contributed by atoms with E-state index in [9.17, 15) is 9.18 Å². The fourth-order valence-corrected chi connectivity index (χ4v) is 7.49. The highest BCUT2D eigenvalue weighted by Gasteiger charge is 2.54. The molecule has 1 amide bonds. The molecule has 11 nitrogen and oxygen atoms in total. The summed E-state index contributed by atoms with van der Waals surface area (Å²) >= 11 is 0. The Balaban J connectivity index is 0.00000401. The van der Waals surface area contributed by atoms with Crippen LogP contribution in [-0.2, 0) is 17.7 Å². The zero-order chi connectivity index (χ0) is 32.5. The van der Waals surface area contributed by atoms with Crippen molar-refractivity contribution in [2.24, 2.45) is 5.41 Å². The number of morpholine rings is 1. The Morgan fingerprint density at radius 3 is 2.77 bits per heavy atom. The van der Waals surface area contributed by atoms with Crippen molar-refractivity contribution < 1.29 is 23.4 Å². The molecule has 0 bridgehead atoms. The summed E-state index contributed by atoms with van der Waals surface area (Å²) in [6, 6.07) is 6.01. The number of halogens is 2. The van der Waals surface area contributed by atoms with Crippen LogP contribution >= 0.6 is 12.4 Å². The van der Waals surface area contributed by atoms with E-state index in [2.05, 4.69) is 30.1 Å². The van der Waals surface area contributed by atoms with Gasteiger partial charge in [-0.05, 0) is 57.9 Å². The number of anilines is 1. The predicted octanol–water partition coefficient (Wildman–Crippen LogP) is 4.49. The summed E-state index contributed by atoms with van der Waals surface area (Å²) in [5.41, 5.74) is 2.68. The van der Waals surface area contributed by atoms with Crippen LogP contribution in [0.25, 0.3) is 0 Å². The summed E-state index contributed by atoms with van der Waals surface area (Å²) < 4.78 is 33.1. The molecule has 1 spiro atoms. The fourth-order valence-electron chi connectivity index (χ4n) is 7.49. The molecular formula is C35H45ClFN7O4. The number of fused-ring (bicyclic) bond motifs is 1. The Morgan fingerprint density at radius 2 is 2.02 bits per heavy atom. The maximum atomic E-state index is 14.3. The van der Waals surface area contributed by atoms with Crippen molar-refractivity contribution in [1.29, 1.82) is 0 Å². The summed E-state index contributed by atoms with van der Waals surface area (Å²) in [6.45, 7) is 13.2. The molecule has 48 heavy (non-hydrogen) atoms. The van der Waals surface area contributed by atoms with Crippen LogP contribution in [0.15, 0.2) is 43.0 Å². The zero-order valence-electron chi connectivity index (χ0n) is 27.9. The number of aromatic nitrogens is 3. The van der Waals surface area contributed by atoms with E-state index in [4.69, 9.17) is 14.2 Å². The van der Waals surface area contributed by atoms with Crippen molar-refractivity contribution in [2.75, 3.05) is 57.3 Å². The number of amides is 1. The standard InChI is InChI=1S/C35H44FN7O4.ClH/c1-4-43(23(2)3)34(44)27-13-24(36)5-6-30(27)47-32-17-38-22-40-33(32)42-20-35(21-42)14-25(15-35)46-31-7-9-39-29-8-11-41(19-28(29)31)18-26-16-37-10-12-45-26;/h5-7,9,13,17,22-23,25-26,37H,4,8,10-12,14-16,18-21H2,1-3H3;1H/t26-;/m0./s1. The highest BCUT2D eigenvalue weighted by molar-refractivity contribution is 5.97. The zero-order valence-corrected chi connectivity index (χ0v) is 28.7. The van der Waals surface area contributed by atoms with Gasteiger partial charge < -0.3 is 29.3 Å². The van der Waals surface area contributed by atoms with Crippen molar-refractivity contribution in [1.82, 2.24) is 30.1 Å². The van der Waals surface area contributed by atoms with Gasteiger partial charge in [0, 0.05) is 87.7 Å². The van der Waals surface area contributed by atoms with E-state index < -0.39 is 5.82 Å². The van der Waals surface area contributed by atoms with E-state index in [1.165, 1.54) is 30.1 Å². The lowest BCUT2D eigenvalue weighted by Gasteiger charge is -2.59. The van der Waals surface area contributed by atoms with Gasteiger partial charge in [0.1, 0.15) is 29.7 Å². The summed E-state index contributed by atoms with van der Waals surface area (Å²) in [4.78, 5) is 33.1. The van der Waals surface area contributed by atoms with Crippen LogP contribution in [0, 0.1) is 11.2 Å². The van der Waals surface area contributed by atoms with E-state index in [0.717, 1.165) is 83.1 Å². The quantitative estimate of drug-likeness (QED) is 0.329. The third-order valence-corrected chi connectivity index (χ3v) is 9.86.